The predicted octanol–water partition coefficient (Wildman–Crippen LogP) is 1.54. The smallest absolute Gasteiger partial charge is 0.322 e. The van der Waals surface area contributed by atoms with Gasteiger partial charge in [-0.05, 0) is 32.0 Å². The van der Waals surface area contributed by atoms with Crippen LogP contribution in [0.4, 0.5) is 11.6 Å². The van der Waals surface area contributed by atoms with Gasteiger partial charge in [-0.2, -0.15) is 0 Å². The summed E-state index contributed by atoms with van der Waals surface area (Å²) in [4.78, 5) is 11.4. The molecule has 0 atom stereocenters. The SMILES string of the molecule is Cc1cc(C)nc([NH+]=C(N)Nc2ccc(Cl)cc2Cl)n1. The highest BCUT2D eigenvalue weighted by molar-refractivity contribution is 6.36. The molecule has 0 aliphatic rings. The van der Waals surface area contributed by atoms with Crippen LogP contribution in [0, 0.1) is 13.8 Å². The van der Waals surface area contributed by atoms with Crippen LogP contribution in [0.5, 0.6) is 0 Å². The van der Waals surface area contributed by atoms with Gasteiger partial charge < -0.3 is 5.73 Å². The molecule has 104 valence electrons. The molecule has 0 fully saturated rings. The molecule has 0 saturated heterocycles. The first-order chi connectivity index (χ1) is 9.44. The number of nitrogens with one attached hydrogen (secondary N) is 2. The number of halogens is 2. The number of nitrogens with zero attached hydrogens (tertiary/aromatic N) is 2. The topological polar surface area (TPSA) is 77.8 Å². The standard InChI is InChI=1S/C13H13Cl2N5/c1-7-5-8(2)18-13(17-7)20-12(16)19-11-4-3-9(14)6-10(11)15/h3-6H,1-2H3,(H3,16,17,18,19,20)/p+1. The Morgan fingerprint density at radius 1 is 1.15 bits per heavy atom. The summed E-state index contributed by atoms with van der Waals surface area (Å²) in [6.45, 7) is 3.78. The molecule has 0 unspecified atom stereocenters. The molecule has 0 spiro atoms. The minimum absolute atomic E-state index is 0.277. The lowest BCUT2D eigenvalue weighted by molar-refractivity contribution is -0.365. The van der Waals surface area contributed by atoms with Gasteiger partial charge in [0.1, 0.15) is 0 Å². The highest BCUT2D eigenvalue weighted by atomic mass is 35.5. The van der Waals surface area contributed by atoms with Gasteiger partial charge in [0.05, 0.1) is 22.1 Å². The van der Waals surface area contributed by atoms with Crippen LogP contribution in [0.25, 0.3) is 0 Å². The quantitative estimate of drug-likeness (QED) is 0.581. The number of guanidine groups is 1. The van der Waals surface area contributed by atoms with E-state index in [-0.39, 0.29) is 5.96 Å². The van der Waals surface area contributed by atoms with Gasteiger partial charge in [0.25, 0.3) is 5.96 Å². The van der Waals surface area contributed by atoms with Crippen LogP contribution >= 0.6 is 23.2 Å². The molecule has 20 heavy (non-hydrogen) atoms. The molecule has 1 aromatic carbocycles. The van der Waals surface area contributed by atoms with E-state index in [4.69, 9.17) is 28.9 Å². The first-order valence-electron chi connectivity index (χ1n) is 5.88. The fourth-order valence-corrected chi connectivity index (χ4v) is 2.13. The first kappa shape index (κ1) is 14.6. The monoisotopic (exact) mass is 310 g/mol. The van der Waals surface area contributed by atoms with Gasteiger partial charge in [0.15, 0.2) is 0 Å². The molecule has 0 radical (unpaired) electrons. The van der Waals surface area contributed by atoms with E-state index in [0.717, 1.165) is 11.4 Å². The molecule has 5 nitrogen and oxygen atoms in total. The van der Waals surface area contributed by atoms with Crippen molar-refractivity contribution >= 4 is 40.8 Å². The van der Waals surface area contributed by atoms with E-state index in [1.165, 1.54) is 0 Å². The Morgan fingerprint density at radius 3 is 2.40 bits per heavy atom. The Morgan fingerprint density at radius 2 is 1.80 bits per heavy atom. The van der Waals surface area contributed by atoms with Crippen molar-refractivity contribution in [2.24, 2.45) is 5.73 Å². The largest absolute Gasteiger partial charge is 0.354 e. The third-order valence-corrected chi connectivity index (χ3v) is 2.98. The zero-order valence-corrected chi connectivity index (χ0v) is 12.5. The van der Waals surface area contributed by atoms with Crippen LogP contribution in [0.1, 0.15) is 11.4 Å². The number of hydrogen-bond donors (Lipinski definition) is 3. The summed E-state index contributed by atoms with van der Waals surface area (Å²) in [5, 5.41) is 3.97. The Balaban J connectivity index is 2.22. The average Bonchev–Trinajstić information content (AvgIpc) is 2.31. The molecule has 7 heteroatoms. The Labute approximate surface area is 126 Å². The summed E-state index contributed by atoms with van der Waals surface area (Å²) in [5.41, 5.74) is 8.23. The summed E-state index contributed by atoms with van der Waals surface area (Å²) in [6, 6.07) is 6.97. The van der Waals surface area contributed by atoms with E-state index < -0.39 is 0 Å². The summed E-state index contributed by atoms with van der Waals surface area (Å²) in [7, 11) is 0. The number of nitrogens with two attached hydrogens (primary N) is 1. The van der Waals surface area contributed by atoms with Crippen LogP contribution in [-0.4, -0.2) is 15.9 Å². The fraction of sp³-hybridized carbons (Fsp3) is 0.154. The molecule has 0 saturated carbocycles. The molecule has 1 aromatic heterocycles. The van der Waals surface area contributed by atoms with Crippen molar-refractivity contribution in [2.45, 2.75) is 13.8 Å². The van der Waals surface area contributed by atoms with Crippen molar-refractivity contribution in [3.8, 4) is 0 Å². The number of anilines is 1. The van der Waals surface area contributed by atoms with Gasteiger partial charge in [-0.3, -0.25) is 5.32 Å². The van der Waals surface area contributed by atoms with E-state index in [0.29, 0.717) is 21.7 Å². The number of benzene rings is 1. The average molecular weight is 311 g/mol. The third-order valence-electron chi connectivity index (χ3n) is 2.43. The van der Waals surface area contributed by atoms with Gasteiger partial charge in [-0.25, -0.2) is 4.99 Å². The highest BCUT2D eigenvalue weighted by Crippen LogP contribution is 2.24. The fourth-order valence-electron chi connectivity index (χ4n) is 1.67. The Bertz CT molecular complexity index is 650. The van der Waals surface area contributed by atoms with Gasteiger partial charge in [0, 0.05) is 11.1 Å². The summed E-state index contributed by atoms with van der Waals surface area (Å²) in [6.07, 6.45) is 0. The second-order valence-corrected chi connectivity index (χ2v) is 5.11. The lowest BCUT2D eigenvalue weighted by Crippen LogP contribution is -2.72. The van der Waals surface area contributed by atoms with Crippen LogP contribution in [0.3, 0.4) is 0 Å². The molecule has 2 rings (SSSR count). The van der Waals surface area contributed by atoms with E-state index in [1.54, 1.807) is 18.2 Å². The number of aromatic nitrogens is 2. The number of rotatable bonds is 2. The normalized spacial score (nSPS) is 11.5. The molecule has 0 amide bonds. The van der Waals surface area contributed by atoms with Crippen molar-refractivity contribution in [1.29, 1.82) is 0 Å². The Hall–Kier alpha value is -1.85. The predicted molar refractivity (Wildman–Crippen MR) is 81.4 cm³/mol. The summed E-state index contributed by atoms with van der Waals surface area (Å²) >= 11 is 11.9. The highest BCUT2D eigenvalue weighted by Gasteiger charge is 2.08. The van der Waals surface area contributed by atoms with E-state index in [1.807, 2.05) is 19.9 Å². The van der Waals surface area contributed by atoms with Gasteiger partial charge in [-0.15, -0.1) is 9.97 Å². The van der Waals surface area contributed by atoms with Crippen LogP contribution in [0.15, 0.2) is 24.3 Å². The molecular formula is C13H14Cl2N5+. The van der Waals surface area contributed by atoms with Gasteiger partial charge >= 0.3 is 5.95 Å². The third kappa shape index (κ3) is 3.82. The van der Waals surface area contributed by atoms with E-state index in [9.17, 15) is 0 Å². The summed E-state index contributed by atoms with van der Waals surface area (Å²) < 4.78 is 0. The zero-order valence-electron chi connectivity index (χ0n) is 11.0. The Kier molecular flexibility index (Phi) is 4.42. The molecular weight excluding hydrogens is 297 g/mol. The molecule has 4 N–H and O–H groups in total. The molecule has 0 bridgehead atoms. The van der Waals surface area contributed by atoms with Crippen LogP contribution in [-0.2, 0) is 0 Å². The van der Waals surface area contributed by atoms with Crippen LogP contribution < -0.4 is 16.0 Å². The van der Waals surface area contributed by atoms with E-state index >= 15 is 0 Å². The minimum atomic E-state index is 0.277. The first-order valence-corrected chi connectivity index (χ1v) is 6.63. The maximum Gasteiger partial charge on any atom is 0.354 e. The maximum atomic E-state index is 6.05. The lowest BCUT2D eigenvalue weighted by Gasteiger charge is -2.04. The second-order valence-electron chi connectivity index (χ2n) is 4.26. The lowest BCUT2D eigenvalue weighted by atomic mass is 10.3. The number of aryl methyl sites for hydroxylation is 2. The van der Waals surface area contributed by atoms with Crippen molar-refractivity contribution < 1.29 is 4.99 Å². The van der Waals surface area contributed by atoms with Crippen molar-refractivity contribution in [1.82, 2.24) is 9.97 Å². The zero-order chi connectivity index (χ0) is 14.7. The minimum Gasteiger partial charge on any atom is -0.322 e. The molecule has 1 heterocycles. The summed E-state index contributed by atoms with van der Waals surface area (Å²) in [5.74, 6) is 0.705. The number of hydrogen-bond acceptors (Lipinski definition) is 2. The molecule has 2 aromatic rings. The second kappa shape index (κ2) is 6.07. The van der Waals surface area contributed by atoms with E-state index in [2.05, 4.69) is 20.3 Å². The van der Waals surface area contributed by atoms with Gasteiger partial charge in [0.2, 0.25) is 0 Å². The van der Waals surface area contributed by atoms with Gasteiger partial charge in [-0.1, -0.05) is 23.2 Å². The van der Waals surface area contributed by atoms with Crippen molar-refractivity contribution in [2.75, 3.05) is 5.32 Å². The van der Waals surface area contributed by atoms with Crippen molar-refractivity contribution in [3.05, 3.63) is 45.7 Å². The van der Waals surface area contributed by atoms with Crippen molar-refractivity contribution in [3.63, 3.8) is 0 Å². The molecule has 0 aliphatic carbocycles. The maximum absolute atomic E-state index is 6.05. The molecule has 0 aliphatic heterocycles. The van der Waals surface area contributed by atoms with Crippen LogP contribution in [0.2, 0.25) is 10.0 Å².